The van der Waals surface area contributed by atoms with E-state index in [2.05, 4.69) is 10.4 Å². The number of rotatable bonds is 7. The molecule has 1 heterocycles. The topological polar surface area (TPSA) is 90.3 Å². The summed E-state index contributed by atoms with van der Waals surface area (Å²) in [4.78, 5) is 36.8. The number of nitrogens with one attached hydrogen (secondary N) is 1. The van der Waals surface area contributed by atoms with Crippen LogP contribution in [0.2, 0.25) is 0 Å². The van der Waals surface area contributed by atoms with Gasteiger partial charge in [0.2, 0.25) is 11.7 Å². The van der Waals surface area contributed by atoms with E-state index in [1.54, 1.807) is 73.3 Å². The summed E-state index contributed by atoms with van der Waals surface area (Å²) in [7, 11) is 0. The fourth-order valence-corrected chi connectivity index (χ4v) is 2.90. The zero-order chi connectivity index (χ0) is 22.5. The minimum atomic E-state index is -0.948. The van der Waals surface area contributed by atoms with E-state index in [4.69, 9.17) is 4.74 Å². The molecule has 0 aliphatic heterocycles. The second kappa shape index (κ2) is 9.38. The smallest absolute Gasteiger partial charge is 0.338 e. The zero-order valence-corrected chi connectivity index (χ0v) is 18.0. The number of Topliss-reactive ketones (excluding diaryl/α,β-unsaturated/α-hetero) is 1. The molecule has 0 spiro atoms. The Labute approximate surface area is 181 Å². The Bertz CT molecular complexity index is 1080. The zero-order valence-electron chi connectivity index (χ0n) is 18.0. The summed E-state index contributed by atoms with van der Waals surface area (Å²) in [5, 5.41) is 7.00. The highest BCUT2D eigenvalue weighted by Crippen LogP contribution is 2.16. The van der Waals surface area contributed by atoms with Crippen LogP contribution >= 0.6 is 0 Å². The molecule has 7 nitrogen and oxygen atoms in total. The first-order valence-corrected chi connectivity index (χ1v) is 10.0. The number of aryl methyl sites for hydroxylation is 1. The number of nitrogens with zero attached hydrogens (tertiary/aromatic N) is 2. The minimum Gasteiger partial charge on any atom is -0.451 e. The molecule has 1 aromatic heterocycles. The standard InChI is InChI=1S/C24H25N3O4/c1-15(2)23(29)26-20-9-5-18(6-10-20)22(28)17(4)31-24(30)19-7-11-21(12-8-19)27-16(3)13-14-25-27/h5-15,17H,1-4H3,(H,26,29)/t17-/m1/s1. The van der Waals surface area contributed by atoms with Crippen molar-refractivity contribution in [3.8, 4) is 5.69 Å². The Morgan fingerprint density at radius 3 is 2.06 bits per heavy atom. The van der Waals surface area contributed by atoms with Gasteiger partial charge in [0.05, 0.1) is 11.3 Å². The number of ether oxygens (including phenoxy) is 1. The van der Waals surface area contributed by atoms with Crippen molar-refractivity contribution in [2.24, 2.45) is 5.92 Å². The summed E-state index contributed by atoms with van der Waals surface area (Å²) in [5.41, 5.74) is 3.15. The monoisotopic (exact) mass is 419 g/mol. The summed E-state index contributed by atoms with van der Waals surface area (Å²) >= 11 is 0. The lowest BCUT2D eigenvalue weighted by molar-refractivity contribution is -0.118. The number of anilines is 1. The molecule has 160 valence electrons. The van der Waals surface area contributed by atoms with Gasteiger partial charge in [0.15, 0.2) is 6.10 Å². The molecular formula is C24H25N3O4. The van der Waals surface area contributed by atoms with Crippen LogP contribution in [0.1, 0.15) is 47.2 Å². The fourth-order valence-electron chi connectivity index (χ4n) is 2.90. The van der Waals surface area contributed by atoms with Crippen LogP contribution in [0.15, 0.2) is 60.8 Å². The summed E-state index contributed by atoms with van der Waals surface area (Å²) in [6.07, 6.45) is 0.756. The highest BCUT2D eigenvalue weighted by molar-refractivity contribution is 6.02. The Morgan fingerprint density at radius 1 is 0.903 bits per heavy atom. The molecule has 1 amide bonds. The number of amides is 1. The first-order chi connectivity index (χ1) is 14.8. The van der Waals surface area contributed by atoms with Crippen LogP contribution in [-0.4, -0.2) is 33.5 Å². The van der Waals surface area contributed by atoms with Crippen molar-refractivity contribution in [2.75, 3.05) is 5.32 Å². The number of ketones is 1. The van der Waals surface area contributed by atoms with E-state index in [0.717, 1.165) is 11.4 Å². The third-order valence-electron chi connectivity index (χ3n) is 4.79. The van der Waals surface area contributed by atoms with Crippen LogP contribution in [0.5, 0.6) is 0 Å². The molecule has 3 rings (SSSR count). The van der Waals surface area contributed by atoms with E-state index in [-0.39, 0.29) is 17.6 Å². The van der Waals surface area contributed by atoms with Crippen LogP contribution in [0, 0.1) is 12.8 Å². The van der Waals surface area contributed by atoms with Gasteiger partial charge in [-0.3, -0.25) is 9.59 Å². The average molecular weight is 419 g/mol. The first-order valence-electron chi connectivity index (χ1n) is 10.0. The number of carbonyl (C=O) groups excluding carboxylic acids is 3. The maximum absolute atomic E-state index is 12.6. The Hall–Kier alpha value is -3.74. The van der Waals surface area contributed by atoms with E-state index < -0.39 is 12.1 Å². The first kappa shape index (κ1) is 22.0. The Morgan fingerprint density at radius 2 is 1.52 bits per heavy atom. The van der Waals surface area contributed by atoms with Crippen molar-refractivity contribution in [1.82, 2.24) is 9.78 Å². The van der Waals surface area contributed by atoms with Gasteiger partial charge >= 0.3 is 5.97 Å². The molecule has 0 unspecified atom stereocenters. The highest BCUT2D eigenvalue weighted by Gasteiger charge is 2.21. The molecule has 1 N–H and O–H groups in total. The number of carbonyl (C=O) groups is 3. The van der Waals surface area contributed by atoms with Crippen molar-refractivity contribution in [3.05, 3.63) is 77.6 Å². The maximum atomic E-state index is 12.6. The summed E-state index contributed by atoms with van der Waals surface area (Å²) < 4.78 is 7.11. The quantitative estimate of drug-likeness (QED) is 0.458. The highest BCUT2D eigenvalue weighted by atomic mass is 16.5. The second-order valence-electron chi connectivity index (χ2n) is 7.56. The van der Waals surface area contributed by atoms with E-state index in [1.807, 2.05) is 13.0 Å². The molecule has 0 aliphatic carbocycles. The predicted octanol–water partition coefficient (Wildman–Crippen LogP) is 4.20. The SMILES string of the molecule is Cc1ccnn1-c1ccc(C(=O)O[C@H](C)C(=O)c2ccc(NC(=O)C(C)C)cc2)cc1. The van der Waals surface area contributed by atoms with Gasteiger partial charge in [-0.1, -0.05) is 13.8 Å². The third kappa shape index (κ3) is 5.25. The molecule has 0 radical (unpaired) electrons. The molecule has 1 atom stereocenters. The summed E-state index contributed by atoms with van der Waals surface area (Å²) in [5.74, 6) is -1.14. The van der Waals surface area contributed by atoms with Gasteiger partial charge < -0.3 is 10.1 Å². The van der Waals surface area contributed by atoms with Crippen molar-refractivity contribution in [2.45, 2.75) is 33.8 Å². The largest absolute Gasteiger partial charge is 0.451 e. The summed E-state index contributed by atoms with van der Waals surface area (Å²) in [6.45, 7) is 7.08. The van der Waals surface area contributed by atoms with Crippen molar-refractivity contribution in [1.29, 1.82) is 0 Å². The van der Waals surface area contributed by atoms with Crippen molar-refractivity contribution < 1.29 is 19.1 Å². The van der Waals surface area contributed by atoms with E-state index >= 15 is 0 Å². The van der Waals surface area contributed by atoms with E-state index in [0.29, 0.717) is 16.8 Å². The molecule has 0 fully saturated rings. The lowest BCUT2D eigenvalue weighted by Crippen LogP contribution is -2.24. The van der Waals surface area contributed by atoms with E-state index in [9.17, 15) is 14.4 Å². The molecule has 7 heteroatoms. The summed E-state index contributed by atoms with van der Waals surface area (Å²) in [6, 6.07) is 15.2. The van der Waals surface area contributed by atoms with Crippen LogP contribution in [0.4, 0.5) is 5.69 Å². The van der Waals surface area contributed by atoms with Crippen LogP contribution in [0.3, 0.4) is 0 Å². The molecule has 3 aromatic rings. The number of esters is 1. The average Bonchev–Trinajstić information content (AvgIpc) is 3.19. The van der Waals surface area contributed by atoms with Crippen molar-refractivity contribution in [3.63, 3.8) is 0 Å². The van der Waals surface area contributed by atoms with Crippen LogP contribution in [-0.2, 0) is 9.53 Å². The fraction of sp³-hybridized carbons (Fsp3) is 0.250. The molecule has 0 saturated carbocycles. The number of hydrogen-bond acceptors (Lipinski definition) is 5. The van der Waals surface area contributed by atoms with Gasteiger partial charge in [-0.25, -0.2) is 9.48 Å². The molecule has 31 heavy (non-hydrogen) atoms. The molecule has 0 saturated heterocycles. The molecule has 0 bridgehead atoms. The van der Waals surface area contributed by atoms with Gasteiger partial charge in [0.1, 0.15) is 0 Å². The van der Waals surface area contributed by atoms with E-state index in [1.165, 1.54) is 6.92 Å². The van der Waals surface area contributed by atoms with Crippen molar-refractivity contribution >= 4 is 23.3 Å². The number of hydrogen-bond donors (Lipinski definition) is 1. The number of benzene rings is 2. The lowest BCUT2D eigenvalue weighted by atomic mass is 10.1. The van der Waals surface area contributed by atoms with Gasteiger partial charge in [-0.05, 0) is 68.4 Å². The molecular weight excluding hydrogens is 394 g/mol. The second-order valence-corrected chi connectivity index (χ2v) is 7.56. The Balaban J connectivity index is 1.62. The van der Waals surface area contributed by atoms with Crippen LogP contribution < -0.4 is 5.32 Å². The third-order valence-corrected chi connectivity index (χ3v) is 4.79. The number of aromatic nitrogens is 2. The van der Waals surface area contributed by atoms with Gasteiger partial charge in [-0.15, -0.1) is 0 Å². The molecule has 2 aromatic carbocycles. The van der Waals surface area contributed by atoms with Crippen LogP contribution in [0.25, 0.3) is 5.69 Å². The minimum absolute atomic E-state index is 0.102. The maximum Gasteiger partial charge on any atom is 0.338 e. The van der Waals surface area contributed by atoms with Gasteiger partial charge in [0.25, 0.3) is 0 Å². The van der Waals surface area contributed by atoms with Gasteiger partial charge in [0, 0.05) is 29.1 Å². The lowest BCUT2D eigenvalue weighted by Gasteiger charge is -2.13. The van der Waals surface area contributed by atoms with Gasteiger partial charge in [-0.2, -0.15) is 5.10 Å². The Kier molecular flexibility index (Phi) is 6.65. The normalized spacial score (nSPS) is 11.8. The predicted molar refractivity (Wildman–Crippen MR) is 117 cm³/mol. The molecule has 0 aliphatic rings.